The molecule has 0 aliphatic rings. The van der Waals surface area contributed by atoms with Gasteiger partial charge < -0.3 is 20.8 Å². The Morgan fingerprint density at radius 3 is 2.43 bits per heavy atom. The molecule has 6 nitrogen and oxygen atoms in total. The van der Waals surface area contributed by atoms with Crippen molar-refractivity contribution in [2.75, 3.05) is 6.61 Å². The van der Waals surface area contributed by atoms with Gasteiger partial charge in [-0.2, -0.15) is 0 Å². The molecule has 2 amide bonds. The number of carbonyl (C=O) groups excluding carboxylic acids is 1. The Bertz CT molecular complexity index is 450. The van der Waals surface area contributed by atoms with Crippen molar-refractivity contribution in [3.63, 3.8) is 0 Å². The zero-order valence-electron chi connectivity index (χ0n) is 12.1. The molecular formula is C15H22N2O4. The lowest BCUT2D eigenvalue weighted by atomic mass is 10.0. The lowest BCUT2D eigenvalue weighted by molar-refractivity contribution is -0.137. The van der Waals surface area contributed by atoms with Gasteiger partial charge in [-0.3, -0.25) is 4.79 Å². The van der Waals surface area contributed by atoms with Crippen molar-refractivity contribution in [3.05, 3.63) is 35.9 Å². The van der Waals surface area contributed by atoms with Gasteiger partial charge in [0.2, 0.25) is 0 Å². The van der Waals surface area contributed by atoms with Crippen LogP contribution in [-0.2, 0) is 11.2 Å². The summed E-state index contributed by atoms with van der Waals surface area (Å²) < 4.78 is 0. The number of nitrogens with one attached hydrogen (secondary N) is 2. The number of carbonyl (C=O) groups is 2. The topological polar surface area (TPSA) is 98.7 Å². The maximum atomic E-state index is 11.8. The minimum atomic E-state index is -0.890. The fourth-order valence-corrected chi connectivity index (χ4v) is 1.92. The Hall–Kier alpha value is -2.08. The highest BCUT2D eigenvalue weighted by Gasteiger charge is 2.15. The van der Waals surface area contributed by atoms with E-state index in [1.807, 2.05) is 30.3 Å². The summed E-state index contributed by atoms with van der Waals surface area (Å²) in [6.45, 7) is 1.54. The number of hydrogen-bond donors (Lipinski definition) is 4. The third kappa shape index (κ3) is 7.31. The summed E-state index contributed by atoms with van der Waals surface area (Å²) in [6.07, 6.45) is 0.910. The van der Waals surface area contributed by atoms with E-state index in [0.29, 0.717) is 12.8 Å². The third-order valence-corrected chi connectivity index (χ3v) is 3.02. The van der Waals surface area contributed by atoms with Gasteiger partial charge in [0.15, 0.2) is 0 Å². The second-order valence-electron chi connectivity index (χ2n) is 5.02. The summed E-state index contributed by atoms with van der Waals surface area (Å²) in [5.41, 5.74) is 1.03. The SMILES string of the molecule is CC(CO)NC(=O)NC(CCC(=O)O)Cc1ccccc1. The Kier molecular flexibility index (Phi) is 7.25. The van der Waals surface area contributed by atoms with Crippen LogP contribution in [-0.4, -0.2) is 40.9 Å². The predicted octanol–water partition coefficient (Wildman–Crippen LogP) is 1.14. The average Bonchev–Trinajstić information content (AvgIpc) is 2.45. The van der Waals surface area contributed by atoms with Crippen molar-refractivity contribution in [2.24, 2.45) is 0 Å². The van der Waals surface area contributed by atoms with Gasteiger partial charge in [0.25, 0.3) is 0 Å². The van der Waals surface area contributed by atoms with Crippen LogP contribution in [0.3, 0.4) is 0 Å². The number of carboxylic acid groups (broad SMARTS) is 1. The van der Waals surface area contributed by atoms with Crippen LogP contribution >= 0.6 is 0 Å². The predicted molar refractivity (Wildman–Crippen MR) is 79.0 cm³/mol. The molecule has 1 rings (SSSR count). The lowest BCUT2D eigenvalue weighted by Gasteiger charge is -2.20. The minimum absolute atomic E-state index is 0.00661. The first-order valence-electron chi connectivity index (χ1n) is 6.95. The van der Waals surface area contributed by atoms with Crippen molar-refractivity contribution >= 4 is 12.0 Å². The van der Waals surface area contributed by atoms with E-state index in [2.05, 4.69) is 10.6 Å². The summed E-state index contributed by atoms with van der Waals surface area (Å²) in [4.78, 5) is 22.5. The number of amides is 2. The van der Waals surface area contributed by atoms with Gasteiger partial charge in [-0.15, -0.1) is 0 Å². The van der Waals surface area contributed by atoms with E-state index < -0.39 is 12.0 Å². The van der Waals surface area contributed by atoms with E-state index in [1.54, 1.807) is 6.92 Å². The van der Waals surface area contributed by atoms with Gasteiger partial charge in [-0.25, -0.2) is 4.79 Å². The Morgan fingerprint density at radius 2 is 1.86 bits per heavy atom. The number of aliphatic hydroxyl groups is 1. The fraction of sp³-hybridized carbons (Fsp3) is 0.467. The van der Waals surface area contributed by atoms with Gasteiger partial charge in [0.1, 0.15) is 0 Å². The number of aliphatic hydroxyl groups excluding tert-OH is 1. The Balaban J connectivity index is 2.59. The average molecular weight is 294 g/mol. The summed E-state index contributed by atoms with van der Waals surface area (Å²) in [5.74, 6) is -0.890. The lowest BCUT2D eigenvalue weighted by Crippen LogP contribution is -2.47. The van der Waals surface area contributed by atoms with E-state index in [9.17, 15) is 9.59 Å². The molecule has 0 bridgehead atoms. The van der Waals surface area contributed by atoms with Gasteiger partial charge in [-0.1, -0.05) is 30.3 Å². The van der Waals surface area contributed by atoms with Crippen LogP contribution in [0.2, 0.25) is 0 Å². The summed E-state index contributed by atoms with van der Waals surface area (Å²) >= 11 is 0. The van der Waals surface area contributed by atoms with E-state index in [-0.39, 0.29) is 25.1 Å². The zero-order chi connectivity index (χ0) is 15.7. The van der Waals surface area contributed by atoms with Gasteiger partial charge in [0.05, 0.1) is 12.6 Å². The molecule has 2 unspecified atom stereocenters. The molecule has 0 fully saturated rings. The molecule has 0 saturated carbocycles. The summed E-state index contributed by atoms with van der Waals surface area (Å²) in [5, 5.41) is 23.0. The second kappa shape index (κ2) is 8.97. The molecule has 1 aromatic rings. The zero-order valence-corrected chi connectivity index (χ0v) is 12.1. The summed E-state index contributed by atoms with van der Waals surface area (Å²) in [7, 11) is 0. The number of benzene rings is 1. The number of rotatable bonds is 8. The fourth-order valence-electron chi connectivity index (χ4n) is 1.92. The van der Waals surface area contributed by atoms with Crippen molar-refractivity contribution in [2.45, 2.75) is 38.3 Å². The standard InChI is InChI=1S/C15H22N2O4/c1-11(10-18)16-15(21)17-13(7-8-14(19)20)9-12-5-3-2-4-6-12/h2-6,11,13,18H,7-10H2,1H3,(H,19,20)(H2,16,17,21). The van der Waals surface area contributed by atoms with Gasteiger partial charge in [0, 0.05) is 12.5 Å². The molecule has 0 spiro atoms. The van der Waals surface area contributed by atoms with Crippen molar-refractivity contribution in [1.29, 1.82) is 0 Å². The smallest absolute Gasteiger partial charge is 0.315 e. The Labute approximate surface area is 124 Å². The van der Waals surface area contributed by atoms with Crippen molar-refractivity contribution in [1.82, 2.24) is 10.6 Å². The normalized spacial score (nSPS) is 13.2. The molecule has 2 atom stereocenters. The van der Waals surface area contributed by atoms with Crippen LogP contribution < -0.4 is 10.6 Å². The van der Waals surface area contributed by atoms with E-state index in [0.717, 1.165) is 5.56 Å². The second-order valence-corrected chi connectivity index (χ2v) is 5.02. The minimum Gasteiger partial charge on any atom is -0.481 e. The molecule has 116 valence electrons. The molecule has 21 heavy (non-hydrogen) atoms. The first-order valence-corrected chi connectivity index (χ1v) is 6.95. The largest absolute Gasteiger partial charge is 0.481 e. The number of urea groups is 1. The van der Waals surface area contributed by atoms with Crippen molar-refractivity contribution < 1.29 is 19.8 Å². The number of hydrogen-bond acceptors (Lipinski definition) is 3. The molecular weight excluding hydrogens is 272 g/mol. The number of carboxylic acids is 1. The van der Waals surface area contributed by atoms with E-state index in [1.165, 1.54) is 0 Å². The van der Waals surface area contributed by atoms with Crippen LogP contribution in [0.1, 0.15) is 25.3 Å². The highest BCUT2D eigenvalue weighted by Crippen LogP contribution is 2.08. The Morgan fingerprint density at radius 1 is 1.19 bits per heavy atom. The quantitative estimate of drug-likeness (QED) is 0.578. The summed E-state index contributed by atoms with van der Waals surface area (Å²) in [6, 6.07) is 8.56. The molecule has 0 radical (unpaired) electrons. The van der Waals surface area contributed by atoms with Crippen LogP contribution in [0.15, 0.2) is 30.3 Å². The molecule has 0 heterocycles. The van der Waals surface area contributed by atoms with Crippen LogP contribution in [0.4, 0.5) is 4.79 Å². The monoisotopic (exact) mass is 294 g/mol. The van der Waals surface area contributed by atoms with E-state index >= 15 is 0 Å². The van der Waals surface area contributed by atoms with Crippen LogP contribution in [0.5, 0.6) is 0 Å². The molecule has 0 aliphatic carbocycles. The van der Waals surface area contributed by atoms with E-state index in [4.69, 9.17) is 10.2 Å². The van der Waals surface area contributed by atoms with Crippen molar-refractivity contribution in [3.8, 4) is 0 Å². The first-order chi connectivity index (χ1) is 10.0. The highest BCUT2D eigenvalue weighted by molar-refractivity contribution is 5.74. The first kappa shape index (κ1) is 17.0. The molecule has 0 saturated heterocycles. The molecule has 6 heteroatoms. The molecule has 4 N–H and O–H groups in total. The molecule has 0 aromatic heterocycles. The third-order valence-electron chi connectivity index (χ3n) is 3.02. The van der Waals surface area contributed by atoms with Crippen LogP contribution in [0.25, 0.3) is 0 Å². The van der Waals surface area contributed by atoms with Crippen LogP contribution in [0, 0.1) is 0 Å². The number of aliphatic carboxylic acids is 1. The maximum absolute atomic E-state index is 11.8. The maximum Gasteiger partial charge on any atom is 0.315 e. The highest BCUT2D eigenvalue weighted by atomic mass is 16.4. The molecule has 1 aromatic carbocycles. The molecule has 0 aliphatic heterocycles. The van der Waals surface area contributed by atoms with Gasteiger partial charge >= 0.3 is 12.0 Å². The van der Waals surface area contributed by atoms with Gasteiger partial charge in [-0.05, 0) is 25.3 Å².